The van der Waals surface area contributed by atoms with E-state index in [0.29, 0.717) is 0 Å². The number of hydrogen-bond acceptors (Lipinski definition) is 4. The molecule has 0 aliphatic rings. The van der Waals surface area contributed by atoms with Gasteiger partial charge in [0.15, 0.2) is 12.1 Å². The van der Waals surface area contributed by atoms with Gasteiger partial charge in [0.2, 0.25) is 5.91 Å². The molecule has 0 spiro atoms. The van der Waals surface area contributed by atoms with Gasteiger partial charge in [-0.2, -0.15) is 13.2 Å². The minimum Gasteiger partial charge on any atom is -0.454 e. The Morgan fingerprint density at radius 2 is 1.79 bits per heavy atom. The van der Waals surface area contributed by atoms with Crippen molar-refractivity contribution >= 4 is 11.9 Å². The molecule has 0 bridgehead atoms. The Bertz CT molecular complexity index is 249. The second-order valence-corrected chi connectivity index (χ2v) is 2.76. The summed E-state index contributed by atoms with van der Waals surface area (Å²) < 4.78 is 38.5. The van der Waals surface area contributed by atoms with Gasteiger partial charge >= 0.3 is 12.1 Å². The minimum absolute atomic E-state index is 0.869. The van der Waals surface area contributed by atoms with Gasteiger partial charge in [0.1, 0.15) is 0 Å². The predicted molar refractivity (Wildman–Crippen MR) is 38.8 cm³/mol. The topological polar surface area (TPSA) is 95.4 Å². The number of amides is 1. The highest BCUT2D eigenvalue weighted by molar-refractivity contribution is 6.05. The standard InChI is InChI=1S/C6H9F3N2O3/c1-5(11,3(10)12)4(13)14-2-6(7,8)9/h2,11H2,1H3,(H2,10,12)/t5-/m1/s1. The summed E-state index contributed by atoms with van der Waals surface area (Å²) in [7, 11) is 0. The second kappa shape index (κ2) is 3.82. The third-order valence-electron chi connectivity index (χ3n) is 1.30. The summed E-state index contributed by atoms with van der Waals surface area (Å²) in [6, 6.07) is 0. The molecule has 1 amide bonds. The summed E-state index contributed by atoms with van der Waals surface area (Å²) >= 11 is 0. The SMILES string of the molecule is C[C@@](N)(C(N)=O)C(=O)OCC(F)(F)F. The molecule has 4 N–H and O–H groups in total. The molecule has 0 aromatic carbocycles. The van der Waals surface area contributed by atoms with Crippen LogP contribution in [-0.4, -0.2) is 30.2 Å². The summed E-state index contributed by atoms with van der Waals surface area (Å²) in [5, 5.41) is 0. The maximum absolute atomic E-state index is 11.6. The Hall–Kier alpha value is -1.31. The zero-order valence-corrected chi connectivity index (χ0v) is 7.22. The molecule has 0 rings (SSSR count). The number of rotatable bonds is 3. The Balaban J connectivity index is 4.30. The number of alkyl halides is 3. The Morgan fingerprint density at radius 3 is 2.07 bits per heavy atom. The average Bonchev–Trinajstić information content (AvgIpc) is 1.98. The lowest BCUT2D eigenvalue weighted by Crippen LogP contribution is -2.56. The van der Waals surface area contributed by atoms with Crippen molar-refractivity contribution in [1.82, 2.24) is 0 Å². The van der Waals surface area contributed by atoms with E-state index in [0.717, 1.165) is 6.92 Å². The van der Waals surface area contributed by atoms with E-state index < -0.39 is 30.2 Å². The molecule has 0 saturated heterocycles. The normalized spacial score (nSPS) is 15.8. The van der Waals surface area contributed by atoms with Gasteiger partial charge in [-0.1, -0.05) is 0 Å². The molecule has 0 aliphatic heterocycles. The number of halogens is 3. The van der Waals surface area contributed by atoms with Crippen LogP contribution >= 0.6 is 0 Å². The van der Waals surface area contributed by atoms with E-state index in [-0.39, 0.29) is 0 Å². The van der Waals surface area contributed by atoms with Gasteiger partial charge in [0.25, 0.3) is 0 Å². The number of carbonyl (C=O) groups is 2. The van der Waals surface area contributed by atoms with Gasteiger partial charge < -0.3 is 16.2 Å². The minimum atomic E-state index is -4.66. The molecule has 0 unspecified atom stereocenters. The third kappa shape index (κ3) is 3.60. The van der Waals surface area contributed by atoms with Crippen LogP contribution in [-0.2, 0) is 14.3 Å². The zero-order valence-electron chi connectivity index (χ0n) is 7.22. The Morgan fingerprint density at radius 1 is 1.36 bits per heavy atom. The van der Waals surface area contributed by atoms with Gasteiger partial charge in [-0.3, -0.25) is 4.79 Å². The van der Waals surface area contributed by atoms with Crippen LogP contribution in [0.3, 0.4) is 0 Å². The van der Waals surface area contributed by atoms with Crippen LogP contribution in [0.1, 0.15) is 6.92 Å². The first-order valence-corrected chi connectivity index (χ1v) is 3.40. The first-order chi connectivity index (χ1) is 6.07. The molecule has 8 heteroatoms. The average molecular weight is 214 g/mol. The second-order valence-electron chi connectivity index (χ2n) is 2.76. The van der Waals surface area contributed by atoms with Crippen molar-refractivity contribution in [3.63, 3.8) is 0 Å². The predicted octanol–water partition coefficient (Wildman–Crippen LogP) is -0.705. The smallest absolute Gasteiger partial charge is 0.422 e. The highest BCUT2D eigenvalue weighted by atomic mass is 19.4. The van der Waals surface area contributed by atoms with Gasteiger partial charge in [0, 0.05) is 0 Å². The summed E-state index contributed by atoms with van der Waals surface area (Å²) in [6.45, 7) is -0.931. The first-order valence-electron chi connectivity index (χ1n) is 3.40. The Labute approximate surface area is 77.2 Å². The number of ether oxygens (including phenoxy) is 1. The van der Waals surface area contributed by atoms with Crippen molar-refractivity contribution in [2.45, 2.75) is 18.6 Å². The van der Waals surface area contributed by atoms with E-state index in [4.69, 9.17) is 5.73 Å². The van der Waals surface area contributed by atoms with E-state index in [1.54, 1.807) is 0 Å². The maximum atomic E-state index is 11.6. The van der Waals surface area contributed by atoms with Crippen LogP contribution in [0.25, 0.3) is 0 Å². The lowest BCUT2D eigenvalue weighted by atomic mass is 10.0. The number of primary amides is 1. The summed E-state index contributed by atoms with van der Waals surface area (Å²) in [6.07, 6.45) is -4.66. The van der Waals surface area contributed by atoms with Crippen molar-refractivity contribution in [3.05, 3.63) is 0 Å². The zero-order chi connectivity index (χ0) is 11.6. The largest absolute Gasteiger partial charge is 0.454 e. The first kappa shape index (κ1) is 12.7. The van der Waals surface area contributed by atoms with E-state index >= 15 is 0 Å². The highest BCUT2D eigenvalue weighted by Gasteiger charge is 2.39. The van der Waals surface area contributed by atoms with Crippen LogP contribution in [0.15, 0.2) is 0 Å². The van der Waals surface area contributed by atoms with Crippen molar-refractivity contribution in [1.29, 1.82) is 0 Å². The van der Waals surface area contributed by atoms with E-state index in [1.807, 2.05) is 0 Å². The molecule has 0 radical (unpaired) electrons. The van der Waals surface area contributed by atoms with Gasteiger partial charge in [-0.25, -0.2) is 4.79 Å². The summed E-state index contributed by atoms with van der Waals surface area (Å²) in [4.78, 5) is 21.3. The number of nitrogens with two attached hydrogens (primary N) is 2. The van der Waals surface area contributed by atoms with Crippen molar-refractivity contribution in [2.75, 3.05) is 6.61 Å². The molecule has 1 atom stereocenters. The van der Waals surface area contributed by atoms with E-state index in [1.165, 1.54) is 0 Å². The van der Waals surface area contributed by atoms with Crippen LogP contribution in [0.5, 0.6) is 0 Å². The van der Waals surface area contributed by atoms with Crippen LogP contribution < -0.4 is 11.5 Å². The highest BCUT2D eigenvalue weighted by Crippen LogP contribution is 2.15. The molecule has 82 valence electrons. The Kier molecular flexibility index (Phi) is 3.47. The number of carbonyl (C=O) groups excluding carboxylic acids is 2. The monoisotopic (exact) mass is 214 g/mol. The molecule has 0 aliphatic carbocycles. The molecule has 0 fully saturated rings. The van der Waals surface area contributed by atoms with E-state index in [9.17, 15) is 22.8 Å². The lowest BCUT2D eigenvalue weighted by Gasteiger charge is -2.18. The van der Waals surface area contributed by atoms with Gasteiger partial charge in [0.05, 0.1) is 0 Å². The van der Waals surface area contributed by atoms with Gasteiger partial charge in [-0.05, 0) is 6.92 Å². The fourth-order valence-electron chi connectivity index (χ4n) is 0.398. The third-order valence-corrected chi connectivity index (χ3v) is 1.30. The van der Waals surface area contributed by atoms with Crippen molar-refractivity contribution in [3.8, 4) is 0 Å². The summed E-state index contributed by atoms with van der Waals surface area (Å²) in [5.41, 5.74) is 7.44. The molecule has 0 heterocycles. The van der Waals surface area contributed by atoms with Crippen molar-refractivity contribution in [2.24, 2.45) is 11.5 Å². The van der Waals surface area contributed by atoms with Crippen LogP contribution in [0.2, 0.25) is 0 Å². The van der Waals surface area contributed by atoms with Crippen molar-refractivity contribution < 1.29 is 27.5 Å². The van der Waals surface area contributed by atoms with Crippen LogP contribution in [0, 0.1) is 0 Å². The molecule has 0 aromatic heterocycles. The molecule has 0 aromatic rings. The number of hydrogen-bond donors (Lipinski definition) is 2. The quantitative estimate of drug-likeness (QED) is 0.479. The molecular weight excluding hydrogens is 205 g/mol. The molecule has 5 nitrogen and oxygen atoms in total. The maximum Gasteiger partial charge on any atom is 0.422 e. The van der Waals surface area contributed by atoms with E-state index in [2.05, 4.69) is 10.5 Å². The van der Waals surface area contributed by atoms with Crippen LogP contribution in [0.4, 0.5) is 13.2 Å². The molecular formula is C6H9F3N2O3. The van der Waals surface area contributed by atoms with Gasteiger partial charge in [-0.15, -0.1) is 0 Å². The lowest BCUT2D eigenvalue weighted by molar-refractivity contribution is -0.190. The molecule has 0 saturated carbocycles. The number of esters is 1. The molecule has 14 heavy (non-hydrogen) atoms. The fraction of sp³-hybridized carbons (Fsp3) is 0.667. The fourth-order valence-corrected chi connectivity index (χ4v) is 0.398. The summed E-state index contributed by atoms with van der Waals surface area (Å²) in [5.74, 6) is -2.77.